The highest BCUT2D eigenvalue weighted by atomic mass is 19.1. The minimum atomic E-state index is -0.242. The molecule has 0 spiro atoms. The fraction of sp³-hybridized carbons (Fsp3) is 0.263. The van der Waals surface area contributed by atoms with E-state index in [1.54, 1.807) is 26.4 Å². The number of aromatic amines is 1. The number of aromatic nitrogens is 1. The van der Waals surface area contributed by atoms with Crippen LogP contribution in [0.5, 0.6) is 11.5 Å². The van der Waals surface area contributed by atoms with Crippen molar-refractivity contribution in [1.82, 2.24) is 9.88 Å². The van der Waals surface area contributed by atoms with Crippen molar-refractivity contribution in [1.29, 1.82) is 0 Å². The van der Waals surface area contributed by atoms with E-state index in [1.165, 1.54) is 6.07 Å². The summed E-state index contributed by atoms with van der Waals surface area (Å²) in [5, 5.41) is 0.878. The maximum absolute atomic E-state index is 13.7. The highest BCUT2D eigenvalue weighted by Crippen LogP contribution is 2.36. The van der Waals surface area contributed by atoms with Gasteiger partial charge in [-0.3, -0.25) is 4.90 Å². The standard InChI is InChI=1S/C19H21FN2O2/c1-22(2)19(12-5-8-17(23-3)18(9-12)24-4)15-11-21-16-7-6-13(20)10-14(15)16/h5-11,19,21H,1-4H3. The molecule has 4 nitrogen and oxygen atoms in total. The molecule has 24 heavy (non-hydrogen) atoms. The van der Waals surface area contributed by atoms with Crippen molar-refractivity contribution in [3.63, 3.8) is 0 Å². The molecule has 0 aliphatic carbocycles. The van der Waals surface area contributed by atoms with Crippen LogP contribution in [0, 0.1) is 5.82 Å². The van der Waals surface area contributed by atoms with Gasteiger partial charge in [-0.15, -0.1) is 0 Å². The van der Waals surface area contributed by atoms with E-state index in [1.807, 2.05) is 38.5 Å². The molecule has 0 aliphatic heterocycles. The molecule has 0 radical (unpaired) electrons. The maximum atomic E-state index is 13.7. The number of benzene rings is 2. The molecule has 1 atom stereocenters. The van der Waals surface area contributed by atoms with Gasteiger partial charge >= 0.3 is 0 Å². The van der Waals surface area contributed by atoms with Crippen molar-refractivity contribution in [2.45, 2.75) is 6.04 Å². The molecule has 3 aromatic rings. The van der Waals surface area contributed by atoms with E-state index in [-0.39, 0.29) is 11.9 Å². The Kier molecular flexibility index (Phi) is 4.44. The van der Waals surface area contributed by atoms with Crippen molar-refractivity contribution < 1.29 is 13.9 Å². The second-order valence-corrected chi connectivity index (χ2v) is 5.91. The first-order valence-electron chi connectivity index (χ1n) is 7.70. The number of fused-ring (bicyclic) bond motifs is 1. The van der Waals surface area contributed by atoms with E-state index in [0.29, 0.717) is 11.5 Å². The second kappa shape index (κ2) is 6.53. The number of methoxy groups -OCH3 is 2. The molecule has 0 saturated carbocycles. The molecular formula is C19H21FN2O2. The summed E-state index contributed by atoms with van der Waals surface area (Å²) in [6.07, 6.45) is 1.94. The topological polar surface area (TPSA) is 37.5 Å². The van der Waals surface area contributed by atoms with Crippen LogP contribution in [0.4, 0.5) is 4.39 Å². The van der Waals surface area contributed by atoms with Crippen LogP contribution >= 0.6 is 0 Å². The van der Waals surface area contributed by atoms with Gasteiger partial charge in [0.2, 0.25) is 0 Å². The number of hydrogen-bond acceptors (Lipinski definition) is 3. The zero-order valence-corrected chi connectivity index (χ0v) is 14.3. The summed E-state index contributed by atoms with van der Waals surface area (Å²) in [6.45, 7) is 0. The van der Waals surface area contributed by atoms with E-state index < -0.39 is 0 Å². The fourth-order valence-corrected chi connectivity index (χ4v) is 3.12. The average Bonchev–Trinajstić information content (AvgIpc) is 2.97. The molecule has 0 bridgehead atoms. The van der Waals surface area contributed by atoms with Crippen molar-refractivity contribution in [3.8, 4) is 11.5 Å². The number of halogens is 1. The van der Waals surface area contributed by atoms with Crippen molar-refractivity contribution in [3.05, 3.63) is 59.5 Å². The van der Waals surface area contributed by atoms with E-state index in [9.17, 15) is 4.39 Å². The van der Waals surface area contributed by atoms with Crippen molar-refractivity contribution in [2.75, 3.05) is 28.3 Å². The normalized spacial score (nSPS) is 12.6. The molecule has 2 aromatic carbocycles. The van der Waals surface area contributed by atoms with Crippen LogP contribution in [0.2, 0.25) is 0 Å². The lowest BCUT2D eigenvalue weighted by Crippen LogP contribution is -2.21. The molecule has 0 saturated heterocycles. The van der Waals surface area contributed by atoms with Crippen LogP contribution in [0.3, 0.4) is 0 Å². The molecule has 1 aromatic heterocycles. The first kappa shape index (κ1) is 16.3. The lowest BCUT2D eigenvalue weighted by molar-refractivity contribution is 0.336. The molecule has 3 rings (SSSR count). The molecule has 5 heteroatoms. The Labute approximate surface area is 140 Å². The van der Waals surface area contributed by atoms with Crippen LogP contribution < -0.4 is 9.47 Å². The second-order valence-electron chi connectivity index (χ2n) is 5.91. The zero-order chi connectivity index (χ0) is 17.3. The van der Waals surface area contributed by atoms with Crippen LogP contribution in [0.1, 0.15) is 17.2 Å². The zero-order valence-electron chi connectivity index (χ0n) is 14.3. The van der Waals surface area contributed by atoms with Crippen LogP contribution in [0.15, 0.2) is 42.6 Å². The molecular weight excluding hydrogens is 307 g/mol. The van der Waals surface area contributed by atoms with Gasteiger partial charge in [-0.25, -0.2) is 4.39 Å². The Hall–Kier alpha value is -2.53. The molecule has 0 amide bonds. The Morgan fingerprint density at radius 2 is 1.75 bits per heavy atom. The molecule has 1 N–H and O–H groups in total. The molecule has 1 unspecified atom stereocenters. The smallest absolute Gasteiger partial charge is 0.161 e. The summed E-state index contributed by atoms with van der Waals surface area (Å²) in [6, 6.07) is 10.6. The summed E-state index contributed by atoms with van der Waals surface area (Å²) < 4.78 is 24.4. The summed E-state index contributed by atoms with van der Waals surface area (Å²) in [4.78, 5) is 5.31. The lowest BCUT2D eigenvalue weighted by Gasteiger charge is -2.25. The van der Waals surface area contributed by atoms with Gasteiger partial charge in [0.25, 0.3) is 0 Å². The van der Waals surface area contributed by atoms with E-state index in [0.717, 1.165) is 22.0 Å². The summed E-state index contributed by atoms with van der Waals surface area (Å²) in [7, 11) is 7.23. The van der Waals surface area contributed by atoms with Crippen molar-refractivity contribution >= 4 is 10.9 Å². The molecule has 0 aliphatic rings. The number of nitrogens with zero attached hydrogens (tertiary/aromatic N) is 1. The highest BCUT2D eigenvalue weighted by molar-refractivity contribution is 5.84. The molecule has 1 heterocycles. The Balaban J connectivity index is 2.15. The lowest BCUT2D eigenvalue weighted by atomic mass is 9.96. The van der Waals surface area contributed by atoms with Gasteiger partial charge in [-0.2, -0.15) is 0 Å². The van der Waals surface area contributed by atoms with Crippen LogP contribution in [-0.4, -0.2) is 38.2 Å². The number of H-pyrrole nitrogens is 1. The fourth-order valence-electron chi connectivity index (χ4n) is 3.12. The monoisotopic (exact) mass is 328 g/mol. The number of rotatable bonds is 5. The van der Waals surface area contributed by atoms with Crippen LogP contribution in [-0.2, 0) is 0 Å². The molecule has 126 valence electrons. The number of ether oxygens (including phenoxy) is 2. The summed E-state index contributed by atoms with van der Waals surface area (Å²) in [5.74, 6) is 1.12. The number of nitrogens with one attached hydrogen (secondary N) is 1. The van der Waals surface area contributed by atoms with Gasteiger partial charge in [-0.05, 0) is 55.6 Å². The van der Waals surface area contributed by atoms with Gasteiger partial charge in [0.15, 0.2) is 11.5 Å². The SMILES string of the molecule is COc1ccc(C(c2c[nH]c3ccc(F)cc23)N(C)C)cc1OC. The van der Waals surface area contributed by atoms with E-state index in [4.69, 9.17) is 9.47 Å². The van der Waals surface area contributed by atoms with Crippen molar-refractivity contribution in [2.24, 2.45) is 0 Å². The third-order valence-electron chi connectivity index (χ3n) is 4.21. The van der Waals surface area contributed by atoms with E-state index in [2.05, 4.69) is 9.88 Å². The first-order chi connectivity index (χ1) is 11.5. The third kappa shape index (κ3) is 2.83. The van der Waals surface area contributed by atoms with E-state index >= 15 is 0 Å². The van der Waals surface area contributed by atoms with Gasteiger partial charge in [0, 0.05) is 17.1 Å². The highest BCUT2D eigenvalue weighted by Gasteiger charge is 2.22. The summed E-state index contributed by atoms with van der Waals surface area (Å²) >= 11 is 0. The average molecular weight is 328 g/mol. The minimum Gasteiger partial charge on any atom is -0.493 e. The largest absolute Gasteiger partial charge is 0.493 e. The Morgan fingerprint density at radius 1 is 1.00 bits per heavy atom. The Morgan fingerprint density at radius 3 is 2.42 bits per heavy atom. The summed E-state index contributed by atoms with van der Waals surface area (Å²) in [5.41, 5.74) is 2.98. The predicted octanol–water partition coefficient (Wildman–Crippen LogP) is 3.98. The van der Waals surface area contributed by atoms with Crippen LogP contribution in [0.25, 0.3) is 10.9 Å². The Bertz CT molecular complexity index is 858. The van der Waals surface area contributed by atoms with Gasteiger partial charge in [0.05, 0.1) is 20.3 Å². The minimum absolute atomic E-state index is 0.0413. The molecule has 0 fully saturated rings. The quantitative estimate of drug-likeness (QED) is 0.770. The number of hydrogen-bond donors (Lipinski definition) is 1. The van der Waals surface area contributed by atoms with Gasteiger partial charge < -0.3 is 14.5 Å². The van der Waals surface area contributed by atoms with Gasteiger partial charge in [0.1, 0.15) is 5.82 Å². The predicted molar refractivity (Wildman–Crippen MR) is 93.3 cm³/mol. The van der Waals surface area contributed by atoms with Gasteiger partial charge in [-0.1, -0.05) is 6.07 Å². The first-order valence-corrected chi connectivity index (χ1v) is 7.70. The maximum Gasteiger partial charge on any atom is 0.161 e. The third-order valence-corrected chi connectivity index (χ3v) is 4.21.